The molecule has 0 aromatic heterocycles. The summed E-state index contributed by atoms with van der Waals surface area (Å²) in [5.74, 6) is -0.888. The Balaban J connectivity index is 2.13. The molecule has 1 atom stereocenters. The number of nitro groups is 1. The fourth-order valence-electron chi connectivity index (χ4n) is 2.37. The van der Waals surface area contributed by atoms with E-state index in [0.29, 0.717) is 5.56 Å². The SMILES string of the molecule is COc1cccc(/C=C/C(=O)O[C@H](C)c2cccc([N+](=O)[O-])c2)c1OC(F)F. The number of non-ortho nitro benzene ring substituents is 1. The summed E-state index contributed by atoms with van der Waals surface area (Å²) in [7, 11) is 1.30. The second-order valence-electron chi connectivity index (χ2n) is 5.52. The molecule has 7 nitrogen and oxygen atoms in total. The van der Waals surface area contributed by atoms with E-state index in [2.05, 4.69) is 4.74 Å². The van der Waals surface area contributed by atoms with Gasteiger partial charge in [-0.2, -0.15) is 8.78 Å². The van der Waals surface area contributed by atoms with Gasteiger partial charge in [0.15, 0.2) is 11.5 Å². The molecule has 0 bridgehead atoms. The van der Waals surface area contributed by atoms with Gasteiger partial charge in [0, 0.05) is 23.8 Å². The molecular formula is C19H17F2NO6. The van der Waals surface area contributed by atoms with E-state index < -0.39 is 23.6 Å². The number of hydrogen-bond donors (Lipinski definition) is 0. The predicted molar refractivity (Wildman–Crippen MR) is 96.3 cm³/mol. The van der Waals surface area contributed by atoms with Crippen LogP contribution in [0.1, 0.15) is 24.2 Å². The maximum absolute atomic E-state index is 12.6. The number of nitro benzene ring substituents is 1. The van der Waals surface area contributed by atoms with E-state index in [1.54, 1.807) is 19.1 Å². The molecule has 0 heterocycles. The monoisotopic (exact) mass is 393 g/mol. The van der Waals surface area contributed by atoms with Gasteiger partial charge in [-0.1, -0.05) is 24.3 Å². The van der Waals surface area contributed by atoms with Gasteiger partial charge in [-0.15, -0.1) is 0 Å². The maximum Gasteiger partial charge on any atom is 0.387 e. The van der Waals surface area contributed by atoms with E-state index in [9.17, 15) is 23.7 Å². The minimum atomic E-state index is -3.07. The van der Waals surface area contributed by atoms with Gasteiger partial charge in [0.2, 0.25) is 0 Å². The standard InChI is InChI=1S/C19H17F2NO6/c1-12(14-6-3-7-15(11-14)22(24)25)27-17(23)10-9-13-5-4-8-16(26-2)18(13)28-19(20)21/h3-12,19H,1-2H3/b10-9+/t12-/m1/s1. The highest BCUT2D eigenvalue weighted by atomic mass is 19.3. The van der Waals surface area contributed by atoms with Crippen molar-refractivity contribution in [3.63, 3.8) is 0 Å². The molecule has 2 aromatic rings. The number of halogens is 2. The number of rotatable bonds is 8. The summed E-state index contributed by atoms with van der Waals surface area (Å²) in [6, 6.07) is 10.2. The normalized spacial score (nSPS) is 12.0. The van der Waals surface area contributed by atoms with E-state index in [0.717, 1.165) is 6.08 Å². The van der Waals surface area contributed by atoms with Gasteiger partial charge >= 0.3 is 12.6 Å². The first-order chi connectivity index (χ1) is 13.3. The van der Waals surface area contributed by atoms with Crippen LogP contribution >= 0.6 is 0 Å². The third kappa shape index (κ3) is 5.50. The van der Waals surface area contributed by atoms with Gasteiger partial charge in [-0.3, -0.25) is 10.1 Å². The zero-order valence-electron chi connectivity index (χ0n) is 15.0. The number of methoxy groups -OCH3 is 1. The van der Waals surface area contributed by atoms with Gasteiger partial charge in [-0.25, -0.2) is 4.79 Å². The molecule has 0 amide bonds. The van der Waals surface area contributed by atoms with Crippen LogP contribution in [0.2, 0.25) is 0 Å². The molecule has 0 N–H and O–H groups in total. The van der Waals surface area contributed by atoms with Gasteiger partial charge in [-0.05, 0) is 24.6 Å². The lowest BCUT2D eigenvalue weighted by atomic mass is 10.1. The average molecular weight is 393 g/mol. The lowest BCUT2D eigenvalue weighted by Crippen LogP contribution is -2.07. The second kappa shape index (κ2) is 9.45. The second-order valence-corrected chi connectivity index (χ2v) is 5.52. The molecule has 0 aliphatic heterocycles. The molecule has 0 aliphatic rings. The largest absolute Gasteiger partial charge is 0.493 e. The van der Waals surface area contributed by atoms with Crippen LogP contribution < -0.4 is 9.47 Å². The number of carbonyl (C=O) groups excluding carboxylic acids is 1. The van der Waals surface area contributed by atoms with Gasteiger partial charge in [0.1, 0.15) is 6.10 Å². The van der Waals surface area contributed by atoms with E-state index in [-0.39, 0.29) is 22.7 Å². The Morgan fingerprint density at radius 3 is 2.57 bits per heavy atom. The summed E-state index contributed by atoms with van der Waals surface area (Å²) in [6.07, 6.45) is 1.54. The Morgan fingerprint density at radius 1 is 1.21 bits per heavy atom. The van der Waals surface area contributed by atoms with Crippen molar-refractivity contribution in [3.05, 3.63) is 69.8 Å². The zero-order valence-corrected chi connectivity index (χ0v) is 15.0. The maximum atomic E-state index is 12.6. The van der Waals surface area contributed by atoms with Gasteiger partial charge in [0.05, 0.1) is 12.0 Å². The van der Waals surface area contributed by atoms with Crippen LogP contribution in [0.3, 0.4) is 0 Å². The summed E-state index contributed by atoms with van der Waals surface area (Å²) < 4.78 is 39.9. The number of benzene rings is 2. The Kier molecular flexibility index (Phi) is 7.02. The Bertz CT molecular complexity index is 884. The molecule has 0 spiro atoms. The summed E-state index contributed by atoms with van der Waals surface area (Å²) in [6.45, 7) is -1.51. The molecule has 2 aromatic carbocycles. The highest BCUT2D eigenvalue weighted by molar-refractivity contribution is 5.88. The molecule has 2 rings (SSSR count). The fourth-order valence-corrected chi connectivity index (χ4v) is 2.37. The quantitative estimate of drug-likeness (QED) is 0.284. The number of esters is 1. The number of nitrogens with zero attached hydrogens (tertiary/aromatic N) is 1. The van der Waals surface area contributed by atoms with Crippen molar-refractivity contribution >= 4 is 17.7 Å². The molecule has 148 valence electrons. The molecular weight excluding hydrogens is 376 g/mol. The van der Waals surface area contributed by atoms with E-state index in [1.807, 2.05) is 0 Å². The van der Waals surface area contributed by atoms with Crippen LogP contribution in [-0.4, -0.2) is 24.6 Å². The van der Waals surface area contributed by atoms with E-state index >= 15 is 0 Å². The minimum absolute atomic E-state index is 0.0841. The van der Waals surface area contributed by atoms with Crippen LogP contribution in [0.5, 0.6) is 11.5 Å². The van der Waals surface area contributed by atoms with Crippen LogP contribution in [0.4, 0.5) is 14.5 Å². The number of ether oxygens (including phenoxy) is 3. The summed E-state index contributed by atoms with van der Waals surface area (Å²) in [4.78, 5) is 22.3. The van der Waals surface area contributed by atoms with Crippen molar-refractivity contribution in [1.82, 2.24) is 0 Å². The zero-order chi connectivity index (χ0) is 20.7. The van der Waals surface area contributed by atoms with E-state index in [1.165, 1.54) is 43.5 Å². The van der Waals surface area contributed by atoms with Gasteiger partial charge in [0.25, 0.3) is 5.69 Å². The van der Waals surface area contributed by atoms with E-state index in [4.69, 9.17) is 9.47 Å². The van der Waals surface area contributed by atoms with Crippen molar-refractivity contribution < 1.29 is 32.7 Å². The summed E-state index contributed by atoms with van der Waals surface area (Å²) >= 11 is 0. The predicted octanol–water partition coefficient (Wildman–Crippen LogP) is 4.52. The third-order valence-electron chi connectivity index (χ3n) is 3.68. The number of para-hydroxylation sites is 1. The van der Waals surface area contributed by atoms with Crippen LogP contribution in [0, 0.1) is 10.1 Å². The Morgan fingerprint density at radius 2 is 1.93 bits per heavy atom. The van der Waals surface area contributed by atoms with Crippen molar-refractivity contribution in [2.45, 2.75) is 19.6 Å². The van der Waals surface area contributed by atoms with Gasteiger partial charge < -0.3 is 14.2 Å². The first-order valence-electron chi connectivity index (χ1n) is 8.06. The summed E-state index contributed by atoms with van der Waals surface area (Å²) in [5, 5.41) is 10.8. The van der Waals surface area contributed by atoms with Crippen molar-refractivity contribution in [3.8, 4) is 11.5 Å². The lowest BCUT2D eigenvalue weighted by Gasteiger charge is -2.13. The number of hydrogen-bond acceptors (Lipinski definition) is 6. The first-order valence-corrected chi connectivity index (χ1v) is 8.06. The Hall–Kier alpha value is -3.49. The average Bonchev–Trinajstić information content (AvgIpc) is 2.66. The van der Waals surface area contributed by atoms with Crippen LogP contribution in [-0.2, 0) is 9.53 Å². The molecule has 0 saturated carbocycles. The van der Waals surface area contributed by atoms with Crippen molar-refractivity contribution in [2.75, 3.05) is 7.11 Å². The number of carbonyl (C=O) groups is 1. The highest BCUT2D eigenvalue weighted by Gasteiger charge is 2.16. The van der Waals surface area contributed by atoms with Crippen molar-refractivity contribution in [2.24, 2.45) is 0 Å². The van der Waals surface area contributed by atoms with Crippen LogP contribution in [0.25, 0.3) is 6.08 Å². The molecule has 0 fully saturated rings. The molecule has 9 heteroatoms. The topological polar surface area (TPSA) is 87.9 Å². The lowest BCUT2D eigenvalue weighted by molar-refractivity contribution is -0.385. The minimum Gasteiger partial charge on any atom is -0.493 e. The molecule has 0 unspecified atom stereocenters. The number of alkyl halides is 2. The molecule has 28 heavy (non-hydrogen) atoms. The smallest absolute Gasteiger partial charge is 0.387 e. The van der Waals surface area contributed by atoms with Crippen molar-refractivity contribution in [1.29, 1.82) is 0 Å². The first kappa shape index (κ1) is 20.8. The van der Waals surface area contributed by atoms with Crippen LogP contribution in [0.15, 0.2) is 48.5 Å². The Labute approximate surface area is 159 Å². The highest BCUT2D eigenvalue weighted by Crippen LogP contribution is 2.33. The molecule has 0 aliphatic carbocycles. The third-order valence-corrected chi connectivity index (χ3v) is 3.68. The summed E-state index contributed by atoms with van der Waals surface area (Å²) in [5.41, 5.74) is 0.514. The fraction of sp³-hybridized carbons (Fsp3) is 0.211. The molecule has 0 saturated heterocycles. The molecule has 0 radical (unpaired) electrons.